The molecule has 54 valence electrons. The van der Waals surface area contributed by atoms with Gasteiger partial charge in [0, 0.05) is 0 Å². The van der Waals surface area contributed by atoms with E-state index in [-0.39, 0.29) is 4.11 Å². The first-order valence-electron chi connectivity index (χ1n) is 3.04. The standard InChI is InChI=1S/C6H11IO2/c1-2-3-4-6(7)9-5-8/h5-6H,2-4H2,1H3. The van der Waals surface area contributed by atoms with E-state index in [0.29, 0.717) is 6.47 Å². The van der Waals surface area contributed by atoms with Crippen LogP contribution in [0.1, 0.15) is 26.2 Å². The highest BCUT2D eigenvalue weighted by atomic mass is 127. The molecule has 0 fully saturated rings. The topological polar surface area (TPSA) is 26.3 Å². The number of halogens is 1. The Kier molecular flexibility index (Phi) is 6.46. The van der Waals surface area contributed by atoms with Crippen molar-refractivity contribution in [3.05, 3.63) is 0 Å². The van der Waals surface area contributed by atoms with Crippen molar-refractivity contribution >= 4 is 29.1 Å². The van der Waals surface area contributed by atoms with Crippen LogP contribution < -0.4 is 0 Å². The molecule has 0 saturated carbocycles. The molecular formula is C6H11IO2. The van der Waals surface area contributed by atoms with Crippen LogP contribution in [0, 0.1) is 0 Å². The van der Waals surface area contributed by atoms with Crippen LogP contribution in [-0.2, 0) is 9.53 Å². The van der Waals surface area contributed by atoms with E-state index >= 15 is 0 Å². The fraction of sp³-hybridized carbons (Fsp3) is 0.833. The lowest BCUT2D eigenvalue weighted by atomic mass is 10.3. The van der Waals surface area contributed by atoms with E-state index in [1.54, 1.807) is 0 Å². The Labute approximate surface area is 69.1 Å². The van der Waals surface area contributed by atoms with Gasteiger partial charge in [-0.1, -0.05) is 13.3 Å². The van der Waals surface area contributed by atoms with E-state index in [0.717, 1.165) is 19.3 Å². The molecule has 0 aliphatic heterocycles. The zero-order valence-electron chi connectivity index (χ0n) is 5.47. The average molecular weight is 242 g/mol. The summed E-state index contributed by atoms with van der Waals surface area (Å²) in [4.78, 5) is 9.75. The molecule has 3 heteroatoms. The van der Waals surface area contributed by atoms with E-state index in [4.69, 9.17) is 0 Å². The van der Waals surface area contributed by atoms with Gasteiger partial charge in [0.2, 0.25) is 0 Å². The van der Waals surface area contributed by atoms with Crippen molar-refractivity contribution in [1.29, 1.82) is 0 Å². The van der Waals surface area contributed by atoms with E-state index < -0.39 is 0 Å². The third kappa shape index (κ3) is 6.08. The number of rotatable bonds is 5. The molecule has 0 heterocycles. The van der Waals surface area contributed by atoms with Crippen molar-refractivity contribution in [3.8, 4) is 0 Å². The minimum atomic E-state index is 0.0695. The molecule has 0 bridgehead atoms. The summed E-state index contributed by atoms with van der Waals surface area (Å²) in [6.45, 7) is 2.62. The molecule has 0 aromatic heterocycles. The summed E-state index contributed by atoms with van der Waals surface area (Å²) in [5.41, 5.74) is 0. The predicted octanol–water partition coefficient (Wildman–Crippen LogP) is 2.11. The van der Waals surface area contributed by atoms with Gasteiger partial charge in [0.05, 0.1) is 0 Å². The van der Waals surface area contributed by atoms with Crippen LogP contribution in [0.3, 0.4) is 0 Å². The van der Waals surface area contributed by atoms with E-state index in [1.807, 2.05) is 0 Å². The maximum atomic E-state index is 9.75. The van der Waals surface area contributed by atoms with Gasteiger partial charge in [-0.05, 0) is 35.4 Å². The lowest BCUT2D eigenvalue weighted by Crippen LogP contribution is -2.01. The van der Waals surface area contributed by atoms with Gasteiger partial charge in [0.25, 0.3) is 6.47 Å². The fourth-order valence-electron chi connectivity index (χ4n) is 0.493. The summed E-state index contributed by atoms with van der Waals surface area (Å²) in [5.74, 6) is 0. The maximum absolute atomic E-state index is 9.75. The number of alkyl halides is 1. The monoisotopic (exact) mass is 242 g/mol. The van der Waals surface area contributed by atoms with Crippen molar-refractivity contribution in [2.45, 2.75) is 30.3 Å². The summed E-state index contributed by atoms with van der Waals surface area (Å²) >= 11 is 2.11. The summed E-state index contributed by atoms with van der Waals surface area (Å²) in [7, 11) is 0. The molecule has 0 radical (unpaired) electrons. The van der Waals surface area contributed by atoms with Gasteiger partial charge in [0.15, 0.2) is 4.11 Å². The molecule has 0 spiro atoms. The summed E-state index contributed by atoms with van der Waals surface area (Å²) in [6.07, 6.45) is 3.25. The largest absolute Gasteiger partial charge is 0.454 e. The second-order valence-electron chi connectivity index (χ2n) is 1.78. The Hall–Kier alpha value is 0.200. The smallest absolute Gasteiger partial charge is 0.294 e. The maximum Gasteiger partial charge on any atom is 0.294 e. The van der Waals surface area contributed by atoms with Crippen LogP contribution in [0.25, 0.3) is 0 Å². The average Bonchev–Trinajstić information content (AvgIpc) is 1.85. The predicted molar refractivity (Wildman–Crippen MR) is 44.5 cm³/mol. The number of carbonyl (C=O) groups excluding carboxylic acids is 1. The zero-order chi connectivity index (χ0) is 7.11. The molecule has 1 atom stereocenters. The molecule has 0 saturated heterocycles. The van der Waals surface area contributed by atoms with Crippen LogP contribution in [0.4, 0.5) is 0 Å². The minimum Gasteiger partial charge on any atom is -0.454 e. The Morgan fingerprint density at radius 1 is 1.78 bits per heavy atom. The molecule has 0 amide bonds. The molecule has 0 N–H and O–H groups in total. The van der Waals surface area contributed by atoms with Crippen molar-refractivity contribution in [2.75, 3.05) is 0 Å². The Morgan fingerprint density at radius 2 is 2.44 bits per heavy atom. The molecule has 9 heavy (non-hydrogen) atoms. The SMILES string of the molecule is CCCCC(I)OC=O. The number of hydrogen-bond donors (Lipinski definition) is 0. The number of carbonyl (C=O) groups is 1. The second kappa shape index (κ2) is 6.32. The molecule has 0 rings (SSSR count). The molecule has 0 aliphatic carbocycles. The van der Waals surface area contributed by atoms with E-state index in [1.165, 1.54) is 0 Å². The number of unbranched alkanes of at least 4 members (excludes halogenated alkanes) is 1. The van der Waals surface area contributed by atoms with Gasteiger partial charge in [-0.15, -0.1) is 0 Å². The van der Waals surface area contributed by atoms with E-state index in [2.05, 4.69) is 34.3 Å². The first-order chi connectivity index (χ1) is 4.31. The van der Waals surface area contributed by atoms with Crippen molar-refractivity contribution < 1.29 is 9.53 Å². The van der Waals surface area contributed by atoms with Gasteiger partial charge in [0.1, 0.15) is 0 Å². The van der Waals surface area contributed by atoms with Crippen LogP contribution in [0.15, 0.2) is 0 Å². The normalized spacial score (nSPS) is 12.7. The summed E-state index contributed by atoms with van der Waals surface area (Å²) < 4.78 is 4.72. The Morgan fingerprint density at radius 3 is 2.89 bits per heavy atom. The first kappa shape index (κ1) is 9.20. The molecule has 1 unspecified atom stereocenters. The summed E-state index contributed by atoms with van der Waals surface area (Å²) in [5, 5.41) is 0. The molecular weight excluding hydrogens is 231 g/mol. The number of ether oxygens (including phenoxy) is 1. The second-order valence-corrected chi connectivity index (χ2v) is 3.17. The van der Waals surface area contributed by atoms with Crippen molar-refractivity contribution in [3.63, 3.8) is 0 Å². The Balaban J connectivity index is 3.04. The van der Waals surface area contributed by atoms with Gasteiger partial charge >= 0.3 is 0 Å². The van der Waals surface area contributed by atoms with Gasteiger partial charge < -0.3 is 4.74 Å². The quantitative estimate of drug-likeness (QED) is 0.419. The third-order valence-electron chi connectivity index (χ3n) is 0.988. The molecule has 0 aromatic carbocycles. The molecule has 0 aromatic rings. The zero-order valence-corrected chi connectivity index (χ0v) is 7.63. The lowest BCUT2D eigenvalue weighted by molar-refractivity contribution is -0.129. The molecule has 0 aliphatic rings. The number of hydrogen-bond acceptors (Lipinski definition) is 2. The molecule has 2 nitrogen and oxygen atoms in total. The third-order valence-corrected chi connectivity index (χ3v) is 1.90. The highest BCUT2D eigenvalue weighted by Crippen LogP contribution is 2.09. The highest BCUT2D eigenvalue weighted by Gasteiger charge is 1.99. The van der Waals surface area contributed by atoms with E-state index in [9.17, 15) is 4.79 Å². The van der Waals surface area contributed by atoms with Crippen LogP contribution >= 0.6 is 22.6 Å². The van der Waals surface area contributed by atoms with Crippen LogP contribution in [-0.4, -0.2) is 10.6 Å². The van der Waals surface area contributed by atoms with Gasteiger partial charge in [-0.25, -0.2) is 0 Å². The van der Waals surface area contributed by atoms with Crippen molar-refractivity contribution in [1.82, 2.24) is 0 Å². The van der Waals surface area contributed by atoms with Crippen LogP contribution in [0.5, 0.6) is 0 Å². The highest BCUT2D eigenvalue weighted by molar-refractivity contribution is 14.1. The fourth-order valence-corrected chi connectivity index (χ4v) is 1.05. The Bertz CT molecular complexity index is 75.5. The van der Waals surface area contributed by atoms with Crippen molar-refractivity contribution in [2.24, 2.45) is 0 Å². The van der Waals surface area contributed by atoms with Gasteiger partial charge in [-0.2, -0.15) is 0 Å². The first-order valence-corrected chi connectivity index (χ1v) is 4.29. The van der Waals surface area contributed by atoms with Crippen LogP contribution in [0.2, 0.25) is 0 Å². The summed E-state index contributed by atoms with van der Waals surface area (Å²) in [6, 6.07) is 0. The van der Waals surface area contributed by atoms with Gasteiger partial charge in [-0.3, -0.25) is 4.79 Å². The minimum absolute atomic E-state index is 0.0695. The lowest BCUT2D eigenvalue weighted by Gasteiger charge is -2.04.